The molecule has 1 heterocycles. The molecular formula is C25H29N3O5. The number of rotatable bonds is 9. The molecule has 2 aromatic rings. The van der Waals surface area contributed by atoms with Crippen LogP contribution in [0.4, 0.5) is 5.69 Å². The summed E-state index contributed by atoms with van der Waals surface area (Å²) in [6.07, 6.45) is 1.46. The van der Waals surface area contributed by atoms with Crippen molar-refractivity contribution in [2.45, 2.75) is 33.2 Å². The van der Waals surface area contributed by atoms with Gasteiger partial charge < -0.3 is 20.3 Å². The number of hydrogen-bond acceptors (Lipinski definition) is 5. The molecule has 3 amide bonds. The quantitative estimate of drug-likeness (QED) is 0.571. The van der Waals surface area contributed by atoms with E-state index >= 15 is 0 Å². The van der Waals surface area contributed by atoms with Crippen molar-refractivity contribution in [3.05, 3.63) is 65.2 Å². The van der Waals surface area contributed by atoms with Gasteiger partial charge in [0.05, 0.1) is 16.8 Å². The topological polar surface area (TPSA) is 105 Å². The lowest BCUT2D eigenvalue weighted by Crippen LogP contribution is -2.29. The maximum absolute atomic E-state index is 12.4. The smallest absolute Gasteiger partial charge is 0.338 e. The number of benzene rings is 2. The third-order valence-electron chi connectivity index (χ3n) is 5.19. The Hall–Kier alpha value is -3.68. The number of carbonyl (C=O) groups excluding carboxylic acids is 4. The lowest BCUT2D eigenvalue weighted by molar-refractivity contribution is -0.128. The van der Waals surface area contributed by atoms with E-state index in [9.17, 15) is 19.2 Å². The van der Waals surface area contributed by atoms with E-state index < -0.39 is 18.5 Å². The SMILES string of the molecule is CC(C)CNC(=O)c1ccccc1NC(=O)COC(=O)c1ccc(CN2CCCC2=O)cc1. The zero-order valence-corrected chi connectivity index (χ0v) is 18.9. The van der Waals surface area contributed by atoms with E-state index in [4.69, 9.17) is 4.74 Å². The summed E-state index contributed by atoms with van der Waals surface area (Å²) in [4.78, 5) is 50.5. The predicted molar refractivity (Wildman–Crippen MR) is 124 cm³/mol. The first-order valence-corrected chi connectivity index (χ1v) is 11.0. The minimum atomic E-state index is -0.628. The monoisotopic (exact) mass is 451 g/mol. The van der Waals surface area contributed by atoms with Crippen molar-refractivity contribution < 1.29 is 23.9 Å². The molecular weight excluding hydrogens is 422 g/mol. The highest BCUT2D eigenvalue weighted by atomic mass is 16.5. The van der Waals surface area contributed by atoms with Gasteiger partial charge in [-0.05, 0) is 42.2 Å². The van der Waals surface area contributed by atoms with Gasteiger partial charge in [-0.15, -0.1) is 0 Å². The minimum Gasteiger partial charge on any atom is -0.452 e. The average Bonchev–Trinajstić information content (AvgIpc) is 3.21. The first-order valence-electron chi connectivity index (χ1n) is 11.0. The van der Waals surface area contributed by atoms with Gasteiger partial charge in [0.1, 0.15) is 0 Å². The van der Waals surface area contributed by atoms with Crippen molar-refractivity contribution >= 4 is 29.4 Å². The average molecular weight is 452 g/mol. The van der Waals surface area contributed by atoms with Gasteiger partial charge in [0.25, 0.3) is 11.8 Å². The van der Waals surface area contributed by atoms with Gasteiger partial charge in [-0.25, -0.2) is 4.79 Å². The highest BCUT2D eigenvalue weighted by molar-refractivity contribution is 6.04. The molecule has 8 nitrogen and oxygen atoms in total. The minimum absolute atomic E-state index is 0.142. The molecule has 0 aliphatic carbocycles. The van der Waals surface area contributed by atoms with Gasteiger partial charge in [0.2, 0.25) is 5.91 Å². The van der Waals surface area contributed by atoms with Gasteiger partial charge in [0, 0.05) is 26.1 Å². The molecule has 0 spiro atoms. The van der Waals surface area contributed by atoms with Crippen molar-refractivity contribution in [2.24, 2.45) is 5.92 Å². The zero-order chi connectivity index (χ0) is 23.8. The van der Waals surface area contributed by atoms with Crippen LogP contribution in [0.3, 0.4) is 0 Å². The van der Waals surface area contributed by atoms with Crippen LogP contribution in [0, 0.1) is 5.92 Å². The summed E-state index contributed by atoms with van der Waals surface area (Å²) in [5.41, 5.74) is 1.92. The van der Waals surface area contributed by atoms with Crippen LogP contribution >= 0.6 is 0 Å². The van der Waals surface area contributed by atoms with E-state index in [1.165, 1.54) is 0 Å². The summed E-state index contributed by atoms with van der Waals surface area (Å²) in [7, 11) is 0. The lowest BCUT2D eigenvalue weighted by atomic mass is 10.1. The van der Waals surface area contributed by atoms with Crippen LogP contribution in [0.2, 0.25) is 0 Å². The standard InChI is InChI=1S/C25H29N3O5/c1-17(2)14-26-24(31)20-6-3-4-7-21(20)27-22(29)16-33-25(32)19-11-9-18(10-12-19)15-28-13-5-8-23(28)30/h3-4,6-7,9-12,17H,5,8,13-16H2,1-2H3,(H,26,31)(H,27,29). The molecule has 8 heteroatoms. The number of nitrogens with zero attached hydrogens (tertiary/aromatic N) is 1. The van der Waals surface area contributed by atoms with Crippen LogP contribution in [0.25, 0.3) is 0 Å². The molecule has 33 heavy (non-hydrogen) atoms. The van der Waals surface area contributed by atoms with Crippen LogP contribution in [0.15, 0.2) is 48.5 Å². The van der Waals surface area contributed by atoms with Crippen LogP contribution in [0.1, 0.15) is 53.0 Å². The first kappa shape index (κ1) is 24.0. The van der Waals surface area contributed by atoms with Crippen LogP contribution < -0.4 is 10.6 Å². The van der Waals surface area contributed by atoms with Crippen molar-refractivity contribution in [2.75, 3.05) is 25.0 Å². The van der Waals surface area contributed by atoms with Gasteiger partial charge in [-0.3, -0.25) is 14.4 Å². The molecule has 174 valence electrons. The third kappa shape index (κ3) is 6.90. The number of carbonyl (C=O) groups is 4. The molecule has 0 aromatic heterocycles. The highest BCUT2D eigenvalue weighted by Gasteiger charge is 2.20. The van der Waals surface area contributed by atoms with Gasteiger partial charge in [0.15, 0.2) is 6.61 Å². The van der Waals surface area contributed by atoms with Crippen molar-refractivity contribution in [3.63, 3.8) is 0 Å². The van der Waals surface area contributed by atoms with Crippen molar-refractivity contribution in [1.29, 1.82) is 0 Å². The fraction of sp³-hybridized carbons (Fsp3) is 0.360. The number of amides is 3. The molecule has 1 saturated heterocycles. The van der Waals surface area contributed by atoms with Crippen LogP contribution in [0.5, 0.6) is 0 Å². The Morgan fingerprint density at radius 1 is 1.06 bits per heavy atom. The number of anilines is 1. The van der Waals surface area contributed by atoms with E-state index in [1.54, 1.807) is 53.4 Å². The number of esters is 1. The maximum Gasteiger partial charge on any atom is 0.338 e. The Balaban J connectivity index is 1.51. The fourth-order valence-corrected chi connectivity index (χ4v) is 3.42. The Morgan fingerprint density at radius 3 is 2.45 bits per heavy atom. The van der Waals surface area contributed by atoms with Gasteiger partial charge in [-0.1, -0.05) is 38.1 Å². The molecule has 0 atom stereocenters. The van der Waals surface area contributed by atoms with E-state index in [2.05, 4.69) is 10.6 Å². The second-order valence-electron chi connectivity index (χ2n) is 8.39. The second kappa shape index (κ2) is 11.3. The molecule has 3 rings (SSSR count). The summed E-state index contributed by atoms with van der Waals surface area (Å²) in [5.74, 6) is -1.02. The number of nitrogens with one attached hydrogen (secondary N) is 2. The largest absolute Gasteiger partial charge is 0.452 e. The normalized spacial score (nSPS) is 13.2. The van der Waals surface area contributed by atoms with E-state index in [0.29, 0.717) is 42.2 Å². The lowest BCUT2D eigenvalue weighted by Gasteiger charge is -2.15. The van der Waals surface area contributed by atoms with Crippen LogP contribution in [-0.2, 0) is 20.9 Å². The molecule has 0 bridgehead atoms. The third-order valence-corrected chi connectivity index (χ3v) is 5.19. The number of hydrogen-bond donors (Lipinski definition) is 2. The Bertz CT molecular complexity index is 1020. The van der Waals surface area contributed by atoms with E-state index in [0.717, 1.165) is 18.5 Å². The zero-order valence-electron chi connectivity index (χ0n) is 18.9. The summed E-state index contributed by atoms with van der Waals surface area (Å²) < 4.78 is 5.12. The first-order chi connectivity index (χ1) is 15.8. The van der Waals surface area contributed by atoms with E-state index in [-0.39, 0.29) is 11.8 Å². The summed E-state index contributed by atoms with van der Waals surface area (Å²) in [5, 5.41) is 5.44. The van der Waals surface area contributed by atoms with E-state index in [1.807, 2.05) is 13.8 Å². The Morgan fingerprint density at radius 2 is 1.79 bits per heavy atom. The van der Waals surface area contributed by atoms with Gasteiger partial charge >= 0.3 is 5.97 Å². The summed E-state index contributed by atoms with van der Waals surface area (Å²) >= 11 is 0. The summed E-state index contributed by atoms with van der Waals surface area (Å²) in [6.45, 7) is 5.28. The number of likely N-dealkylation sites (tertiary alicyclic amines) is 1. The van der Waals surface area contributed by atoms with Crippen molar-refractivity contribution in [3.8, 4) is 0 Å². The van der Waals surface area contributed by atoms with Crippen LogP contribution in [-0.4, -0.2) is 48.3 Å². The molecule has 0 radical (unpaired) electrons. The van der Waals surface area contributed by atoms with Crippen molar-refractivity contribution in [1.82, 2.24) is 10.2 Å². The predicted octanol–water partition coefficient (Wildman–Crippen LogP) is 2.99. The molecule has 0 unspecified atom stereocenters. The Kier molecular flexibility index (Phi) is 8.18. The molecule has 1 aliphatic heterocycles. The molecule has 2 N–H and O–H groups in total. The number of para-hydroxylation sites is 1. The molecule has 1 fully saturated rings. The highest BCUT2D eigenvalue weighted by Crippen LogP contribution is 2.16. The van der Waals surface area contributed by atoms with Gasteiger partial charge in [-0.2, -0.15) is 0 Å². The Labute approximate surface area is 193 Å². The molecule has 0 saturated carbocycles. The maximum atomic E-state index is 12.4. The summed E-state index contributed by atoms with van der Waals surface area (Å²) in [6, 6.07) is 13.4. The fourth-order valence-electron chi connectivity index (χ4n) is 3.42. The second-order valence-corrected chi connectivity index (χ2v) is 8.39. The molecule has 1 aliphatic rings. The number of ether oxygens (including phenoxy) is 1. The molecule has 2 aromatic carbocycles.